The first-order valence-corrected chi connectivity index (χ1v) is 8.58. The summed E-state index contributed by atoms with van der Waals surface area (Å²) in [6.45, 7) is 3.26. The molecule has 3 N–H and O–H groups in total. The molecule has 1 aliphatic rings. The van der Waals surface area contributed by atoms with Gasteiger partial charge in [-0.15, -0.1) is 11.3 Å². The van der Waals surface area contributed by atoms with Crippen molar-refractivity contribution in [3.8, 4) is 0 Å². The Balaban J connectivity index is 1.79. The molecule has 118 valence electrons. The minimum absolute atomic E-state index is 0.0248. The number of nitrogens with one attached hydrogen (secondary N) is 1. The molecule has 0 saturated carbocycles. The highest BCUT2D eigenvalue weighted by atomic mass is 32.1. The normalized spacial score (nSPS) is 18.0. The highest BCUT2D eigenvalue weighted by Crippen LogP contribution is 2.36. The number of fused-ring (bicyclic) bond motifs is 3. The van der Waals surface area contributed by atoms with E-state index in [9.17, 15) is 4.79 Å². The fourth-order valence-electron chi connectivity index (χ4n) is 3.30. The lowest BCUT2D eigenvalue weighted by molar-refractivity contribution is -0.119. The number of pyridine rings is 1. The fraction of sp³-hybridized carbons (Fsp3) is 0.294. The molecule has 0 spiro atoms. The molecule has 1 atom stereocenters. The highest BCUT2D eigenvalue weighted by Gasteiger charge is 2.26. The van der Waals surface area contributed by atoms with Crippen LogP contribution >= 0.6 is 11.3 Å². The number of hydrogen-bond donors (Lipinski definition) is 2. The number of nitrogens with zero attached hydrogens (tertiary/aromatic N) is 2. The summed E-state index contributed by atoms with van der Waals surface area (Å²) in [7, 11) is 0. The van der Waals surface area contributed by atoms with Crippen molar-refractivity contribution in [3.63, 3.8) is 0 Å². The van der Waals surface area contributed by atoms with Gasteiger partial charge in [0.05, 0.1) is 5.52 Å². The Hall–Kier alpha value is -2.34. The summed E-state index contributed by atoms with van der Waals surface area (Å²) in [6, 6.07) is 8.22. The van der Waals surface area contributed by atoms with Crippen molar-refractivity contribution in [2.75, 3.05) is 23.7 Å². The van der Waals surface area contributed by atoms with E-state index in [0.29, 0.717) is 0 Å². The summed E-state index contributed by atoms with van der Waals surface area (Å²) in [5.74, 6) is 1.02. The van der Waals surface area contributed by atoms with Crippen molar-refractivity contribution in [3.05, 3.63) is 29.6 Å². The van der Waals surface area contributed by atoms with E-state index in [0.717, 1.165) is 41.9 Å². The van der Waals surface area contributed by atoms with Crippen molar-refractivity contribution in [2.24, 2.45) is 0 Å². The van der Waals surface area contributed by atoms with Gasteiger partial charge in [-0.05, 0) is 36.1 Å². The average molecular weight is 326 g/mol. The van der Waals surface area contributed by atoms with Crippen LogP contribution in [0.25, 0.3) is 21.0 Å². The molecule has 0 aliphatic carbocycles. The van der Waals surface area contributed by atoms with Crippen LogP contribution in [0.15, 0.2) is 29.6 Å². The number of nitrogen functional groups attached to an aromatic ring is 1. The molecule has 23 heavy (non-hydrogen) atoms. The largest absolute Gasteiger partial charge is 0.399 e. The van der Waals surface area contributed by atoms with Gasteiger partial charge in [-0.25, -0.2) is 4.98 Å². The quantitative estimate of drug-likeness (QED) is 0.710. The molecule has 1 fully saturated rings. The van der Waals surface area contributed by atoms with Gasteiger partial charge in [-0.2, -0.15) is 0 Å². The second-order valence-corrected chi connectivity index (χ2v) is 6.92. The van der Waals surface area contributed by atoms with Crippen LogP contribution in [0.3, 0.4) is 0 Å². The van der Waals surface area contributed by atoms with Crippen LogP contribution < -0.4 is 16.0 Å². The topological polar surface area (TPSA) is 71.2 Å². The minimum atomic E-state index is 0.0248. The van der Waals surface area contributed by atoms with Crippen LogP contribution in [0.1, 0.15) is 13.3 Å². The Bertz CT molecular complexity index is 904. The van der Waals surface area contributed by atoms with Gasteiger partial charge >= 0.3 is 0 Å². The van der Waals surface area contributed by atoms with E-state index in [4.69, 9.17) is 10.7 Å². The van der Waals surface area contributed by atoms with Gasteiger partial charge < -0.3 is 16.0 Å². The van der Waals surface area contributed by atoms with Crippen LogP contribution in [0, 0.1) is 0 Å². The first kappa shape index (κ1) is 14.3. The third kappa shape index (κ3) is 2.49. The monoisotopic (exact) mass is 326 g/mol. The minimum Gasteiger partial charge on any atom is -0.399 e. The highest BCUT2D eigenvalue weighted by molar-refractivity contribution is 7.18. The van der Waals surface area contributed by atoms with Crippen molar-refractivity contribution in [1.29, 1.82) is 0 Å². The predicted octanol–water partition coefficient (Wildman–Crippen LogP) is 2.75. The van der Waals surface area contributed by atoms with Gasteiger partial charge in [0.1, 0.15) is 5.82 Å². The summed E-state index contributed by atoms with van der Waals surface area (Å²) in [6.07, 6.45) is 0.946. The summed E-state index contributed by atoms with van der Waals surface area (Å²) in [5, 5.41) is 7.43. The lowest BCUT2D eigenvalue weighted by Crippen LogP contribution is -2.35. The molecule has 1 unspecified atom stereocenters. The number of carbonyl (C=O) groups is 1. The molecular formula is C17H18N4OS. The Morgan fingerprint density at radius 1 is 1.39 bits per heavy atom. The Labute approximate surface area is 138 Å². The van der Waals surface area contributed by atoms with E-state index in [-0.39, 0.29) is 11.9 Å². The van der Waals surface area contributed by atoms with E-state index in [2.05, 4.69) is 21.7 Å². The number of rotatable bonds is 2. The first-order chi connectivity index (χ1) is 11.1. The number of anilines is 2. The maximum Gasteiger partial charge on any atom is 0.217 e. The van der Waals surface area contributed by atoms with Gasteiger partial charge in [0.15, 0.2) is 0 Å². The summed E-state index contributed by atoms with van der Waals surface area (Å²) in [5.41, 5.74) is 7.58. The molecule has 4 rings (SSSR count). The van der Waals surface area contributed by atoms with E-state index in [1.807, 2.05) is 18.2 Å². The molecule has 0 bridgehead atoms. The zero-order valence-corrected chi connectivity index (χ0v) is 13.7. The van der Waals surface area contributed by atoms with Crippen molar-refractivity contribution < 1.29 is 4.79 Å². The van der Waals surface area contributed by atoms with E-state index in [1.165, 1.54) is 10.1 Å². The van der Waals surface area contributed by atoms with Crippen molar-refractivity contribution in [2.45, 2.75) is 19.4 Å². The predicted molar refractivity (Wildman–Crippen MR) is 96.0 cm³/mol. The molecule has 1 amide bonds. The molecule has 0 radical (unpaired) electrons. The standard InChI is InChI=1S/C17H18N4OS/c1-10(22)19-12-4-6-21(9-12)17-14-5-7-23-16(14)13-3-2-11(18)8-15(13)20-17/h2-3,5,7-8,12H,4,6,9,18H2,1H3,(H,19,22). The van der Waals surface area contributed by atoms with Crippen LogP contribution in [0.4, 0.5) is 11.5 Å². The second kappa shape index (κ2) is 5.38. The van der Waals surface area contributed by atoms with Gasteiger partial charge in [0, 0.05) is 47.2 Å². The lowest BCUT2D eigenvalue weighted by atomic mass is 10.1. The molecule has 1 saturated heterocycles. The number of thiophene rings is 1. The van der Waals surface area contributed by atoms with Gasteiger partial charge in [0.2, 0.25) is 5.91 Å². The third-order valence-corrected chi connectivity index (χ3v) is 5.24. The van der Waals surface area contributed by atoms with Gasteiger partial charge in [-0.1, -0.05) is 0 Å². The molecule has 1 aromatic carbocycles. The Morgan fingerprint density at radius 3 is 3.09 bits per heavy atom. The van der Waals surface area contributed by atoms with E-state index < -0.39 is 0 Å². The smallest absolute Gasteiger partial charge is 0.217 e. The van der Waals surface area contributed by atoms with E-state index in [1.54, 1.807) is 18.3 Å². The molecule has 5 nitrogen and oxygen atoms in total. The summed E-state index contributed by atoms with van der Waals surface area (Å²) < 4.78 is 1.24. The van der Waals surface area contributed by atoms with Crippen LogP contribution in [-0.2, 0) is 4.79 Å². The van der Waals surface area contributed by atoms with Crippen LogP contribution in [-0.4, -0.2) is 30.0 Å². The summed E-state index contributed by atoms with van der Waals surface area (Å²) >= 11 is 1.73. The molecule has 1 aliphatic heterocycles. The Kier molecular flexibility index (Phi) is 3.34. The Morgan fingerprint density at radius 2 is 2.26 bits per heavy atom. The SMILES string of the molecule is CC(=O)NC1CCN(c2nc3cc(N)ccc3c3sccc23)C1. The lowest BCUT2D eigenvalue weighted by Gasteiger charge is -2.19. The summed E-state index contributed by atoms with van der Waals surface area (Å²) in [4.78, 5) is 18.4. The molecule has 6 heteroatoms. The fourth-order valence-corrected chi connectivity index (χ4v) is 4.23. The maximum absolute atomic E-state index is 11.3. The van der Waals surface area contributed by atoms with Gasteiger partial charge in [-0.3, -0.25) is 4.79 Å². The average Bonchev–Trinajstić information content (AvgIpc) is 3.14. The maximum atomic E-state index is 11.3. The molecule has 2 aromatic heterocycles. The third-order valence-electron chi connectivity index (χ3n) is 4.29. The zero-order valence-electron chi connectivity index (χ0n) is 12.9. The van der Waals surface area contributed by atoms with Crippen molar-refractivity contribution >= 4 is 49.7 Å². The number of carbonyl (C=O) groups excluding carboxylic acids is 1. The van der Waals surface area contributed by atoms with Crippen LogP contribution in [0.2, 0.25) is 0 Å². The molecule has 3 aromatic rings. The number of nitrogens with two attached hydrogens (primary N) is 1. The van der Waals surface area contributed by atoms with Crippen LogP contribution in [0.5, 0.6) is 0 Å². The first-order valence-electron chi connectivity index (χ1n) is 7.70. The number of hydrogen-bond acceptors (Lipinski definition) is 5. The molecule has 3 heterocycles. The van der Waals surface area contributed by atoms with E-state index >= 15 is 0 Å². The number of benzene rings is 1. The zero-order chi connectivity index (χ0) is 16.0. The molecular weight excluding hydrogens is 308 g/mol. The number of amides is 1. The van der Waals surface area contributed by atoms with Gasteiger partial charge in [0.25, 0.3) is 0 Å². The number of aromatic nitrogens is 1. The second-order valence-electron chi connectivity index (χ2n) is 6.01. The van der Waals surface area contributed by atoms with Crippen molar-refractivity contribution in [1.82, 2.24) is 10.3 Å².